The first kappa shape index (κ1) is 15.3. The van der Waals surface area contributed by atoms with Crippen molar-refractivity contribution in [1.29, 1.82) is 0 Å². The van der Waals surface area contributed by atoms with Crippen LogP contribution in [0, 0.1) is 12.7 Å². The number of amidine groups is 1. The molecule has 0 heterocycles. The SMILES string of the molecule is Cc1cc(Br)c(F)cc1NCc1cccc(/C(N)=N/O)c1. The normalized spacial score (nSPS) is 11.5. The highest BCUT2D eigenvalue weighted by atomic mass is 79.9. The quantitative estimate of drug-likeness (QED) is 0.341. The number of oxime groups is 1. The summed E-state index contributed by atoms with van der Waals surface area (Å²) in [6, 6.07) is 10.5. The zero-order valence-electron chi connectivity index (χ0n) is 11.4. The molecule has 4 N–H and O–H groups in total. The summed E-state index contributed by atoms with van der Waals surface area (Å²) in [6.45, 7) is 2.41. The van der Waals surface area contributed by atoms with E-state index in [2.05, 4.69) is 26.4 Å². The fourth-order valence-corrected chi connectivity index (χ4v) is 2.39. The third-order valence-electron chi connectivity index (χ3n) is 3.08. The number of hydrogen-bond donors (Lipinski definition) is 3. The lowest BCUT2D eigenvalue weighted by Crippen LogP contribution is -2.13. The van der Waals surface area contributed by atoms with Gasteiger partial charge in [-0.2, -0.15) is 0 Å². The van der Waals surface area contributed by atoms with Crippen LogP contribution in [0.15, 0.2) is 46.0 Å². The van der Waals surface area contributed by atoms with Crippen molar-refractivity contribution >= 4 is 27.5 Å². The van der Waals surface area contributed by atoms with E-state index in [0.717, 1.165) is 16.8 Å². The monoisotopic (exact) mass is 351 g/mol. The highest BCUT2D eigenvalue weighted by Crippen LogP contribution is 2.24. The molecule has 6 heteroatoms. The number of benzene rings is 2. The van der Waals surface area contributed by atoms with Crippen LogP contribution in [0.1, 0.15) is 16.7 Å². The van der Waals surface area contributed by atoms with E-state index in [1.54, 1.807) is 12.1 Å². The molecule has 21 heavy (non-hydrogen) atoms. The Hall–Kier alpha value is -2.08. The Kier molecular flexibility index (Phi) is 4.80. The summed E-state index contributed by atoms with van der Waals surface area (Å²) < 4.78 is 14.0. The molecule has 0 spiro atoms. The van der Waals surface area contributed by atoms with E-state index in [-0.39, 0.29) is 11.7 Å². The molecule has 0 radical (unpaired) electrons. The number of anilines is 1. The third-order valence-corrected chi connectivity index (χ3v) is 3.69. The number of aryl methyl sites for hydroxylation is 1. The van der Waals surface area contributed by atoms with Crippen molar-refractivity contribution in [2.24, 2.45) is 10.9 Å². The summed E-state index contributed by atoms with van der Waals surface area (Å²) in [5.74, 6) is -0.253. The Morgan fingerprint density at radius 2 is 2.14 bits per heavy atom. The number of hydrogen-bond acceptors (Lipinski definition) is 3. The van der Waals surface area contributed by atoms with Gasteiger partial charge in [0.05, 0.1) is 4.47 Å². The molecule has 0 atom stereocenters. The standard InChI is InChI=1S/C15H15BrFN3O/c1-9-5-12(16)13(17)7-14(9)19-8-10-3-2-4-11(6-10)15(18)20-21/h2-7,19,21H,8H2,1H3,(H2,18,20). The molecule has 0 aliphatic heterocycles. The topological polar surface area (TPSA) is 70.6 Å². The molecule has 2 aromatic carbocycles. The second kappa shape index (κ2) is 6.58. The van der Waals surface area contributed by atoms with Gasteiger partial charge in [-0.25, -0.2) is 4.39 Å². The van der Waals surface area contributed by atoms with E-state index in [4.69, 9.17) is 10.9 Å². The maximum Gasteiger partial charge on any atom is 0.170 e. The van der Waals surface area contributed by atoms with E-state index in [1.807, 2.05) is 25.1 Å². The summed E-state index contributed by atoms with van der Waals surface area (Å²) in [5, 5.41) is 14.8. The first-order valence-electron chi connectivity index (χ1n) is 6.27. The highest BCUT2D eigenvalue weighted by molar-refractivity contribution is 9.10. The predicted octanol–water partition coefficient (Wildman–Crippen LogP) is 3.60. The van der Waals surface area contributed by atoms with Crippen LogP contribution in [0.2, 0.25) is 0 Å². The first-order valence-corrected chi connectivity index (χ1v) is 7.07. The largest absolute Gasteiger partial charge is 0.409 e. The Morgan fingerprint density at radius 1 is 1.38 bits per heavy atom. The van der Waals surface area contributed by atoms with Gasteiger partial charge in [0.1, 0.15) is 5.82 Å². The lowest BCUT2D eigenvalue weighted by atomic mass is 10.1. The van der Waals surface area contributed by atoms with Crippen molar-refractivity contribution in [3.05, 3.63) is 63.4 Å². The average Bonchev–Trinajstić information content (AvgIpc) is 2.49. The molecule has 0 saturated heterocycles. The Morgan fingerprint density at radius 3 is 2.86 bits per heavy atom. The number of nitrogens with zero attached hydrogens (tertiary/aromatic N) is 1. The van der Waals surface area contributed by atoms with E-state index in [1.165, 1.54) is 6.07 Å². The molecule has 0 bridgehead atoms. The van der Waals surface area contributed by atoms with Crippen molar-refractivity contribution in [2.75, 3.05) is 5.32 Å². The van der Waals surface area contributed by atoms with Gasteiger partial charge in [-0.3, -0.25) is 0 Å². The lowest BCUT2D eigenvalue weighted by molar-refractivity contribution is 0.318. The molecule has 0 unspecified atom stereocenters. The number of rotatable bonds is 4. The number of halogens is 2. The molecule has 0 aliphatic rings. The lowest BCUT2D eigenvalue weighted by Gasteiger charge is -2.11. The minimum Gasteiger partial charge on any atom is -0.409 e. The molecule has 0 saturated carbocycles. The van der Waals surface area contributed by atoms with Crippen LogP contribution in [-0.2, 0) is 6.54 Å². The van der Waals surface area contributed by atoms with Crippen molar-refractivity contribution in [3.63, 3.8) is 0 Å². The summed E-state index contributed by atoms with van der Waals surface area (Å²) in [7, 11) is 0. The van der Waals surface area contributed by atoms with Gasteiger partial charge in [0.15, 0.2) is 5.84 Å². The summed E-state index contributed by atoms with van der Waals surface area (Å²) in [4.78, 5) is 0. The van der Waals surface area contributed by atoms with Crippen LogP contribution in [0.25, 0.3) is 0 Å². The Bertz CT molecular complexity index is 689. The van der Waals surface area contributed by atoms with Crippen molar-refractivity contribution in [3.8, 4) is 0 Å². The smallest absolute Gasteiger partial charge is 0.170 e. The Labute approximate surface area is 130 Å². The predicted molar refractivity (Wildman–Crippen MR) is 85.1 cm³/mol. The van der Waals surface area contributed by atoms with E-state index in [9.17, 15) is 4.39 Å². The van der Waals surface area contributed by atoms with Gasteiger partial charge >= 0.3 is 0 Å². The molecule has 0 aliphatic carbocycles. The van der Waals surface area contributed by atoms with Gasteiger partial charge in [0.25, 0.3) is 0 Å². The van der Waals surface area contributed by atoms with Crippen LogP contribution in [-0.4, -0.2) is 11.0 Å². The molecular formula is C15H15BrFN3O. The zero-order chi connectivity index (χ0) is 15.4. The van der Waals surface area contributed by atoms with Crippen LogP contribution in [0.5, 0.6) is 0 Å². The summed E-state index contributed by atoms with van der Waals surface area (Å²) >= 11 is 3.16. The zero-order valence-corrected chi connectivity index (χ0v) is 13.0. The molecule has 0 amide bonds. The van der Waals surface area contributed by atoms with Crippen molar-refractivity contribution < 1.29 is 9.60 Å². The minimum absolute atomic E-state index is 0.0581. The molecule has 110 valence electrons. The fraction of sp³-hybridized carbons (Fsp3) is 0.133. The van der Waals surface area contributed by atoms with Gasteiger partial charge in [0.2, 0.25) is 0 Å². The van der Waals surface area contributed by atoms with Gasteiger partial charge < -0.3 is 16.3 Å². The molecule has 0 fully saturated rings. The number of nitrogens with two attached hydrogens (primary N) is 1. The number of nitrogens with one attached hydrogen (secondary N) is 1. The third kappa shape index (κ3) is 3.72. The van der Waals surface area contributed by atoms with Crippen LogP contribution in [0.3, 0.4) is 0 Å². The maximum atomic E-state index is 13.6. The summed E-state index contributed by atoms with van der Waals surface area (Å²) in [5.41, 5.74) is 8.80. The first-order chi connectivity index (χ1) is 10.0. The highest BCUT2D eigenvalue weighted by Gasteiger charge is 2.06. The molecule has 2 rings (SSSR count). The van der Waals surface area contributed by atoms with Crippen LogP contribution < -0.4 is 11.1 Å². The van der Waals surface area contributed by atoms with Gasteiger partial charge in [-0.15, -0.1) is 0 Å². The van der Waals surface area contributed by atoms with Crippen LogP contribution >= 0.6 is 15.9 Å². The molecular weight excluding hydrogens is 337 g/mol. The van der Waals surface area contributed by atoms with Gasteiger partial charge in [-0.05, 0) is 52.2 Å². The van der Waals surface area contributed by atoms with Gasteiger partial charge in [-0.1, -0.05) is 23.4 Å². The van der Waals surface area contributed by atoms with Crippen LogP contribution in [0.4, 0.5) is 10.1 Å². The van der Waals surface area contributed by atoms with E-state index in [0.29, 0.717) is 16.6 Å². The van der Waals surface area contributed by atoms with E-state index >= 15 is 0 Å². The van der Waals surface area contributed by atoms with Crippen molar-refractivity contribution in [1.82, 2.24) is 0 Å². The average molecular weight is 352 g/mol. The molecule has 4 nitrogen and oxygen atoms in total. The molecule has 2 aromatic rings. The fourth-order valence-electron chi connectivity index (χ4n) is 1.93. The second-order valence-electron chi connectivity index (χ2n) is 4.62. The maximum absolute atomic E-state index is 13.6. The van der Waals surface area contributed by atoms with Gasteiger partial charge in [0, 0.05) is 17.8 Å². The second-order valence-corrected chi connectivity index (χ2v) is 5.47. The van der Waals surface area contributed by atoms with E-state index < -0.39 is 0 Å². The summed E-state index contributed by atoms with van der Waals surface area (Å²) in [6.07, 6.45) is 0. The Balaban J connectivity index is 2.15. The minimum atomic E-state index is -0.312. The van der Waals surface area contributed by atoms with Crippen molar-refractivity contribution in [2.45, 2.75) is 13.5 Å². The molecule has 0 aromatic heterocycles.